The van der Waals surface area contributed by atoms with E-state index in [4.69, 9.17) is 5.73 Å². The molecule has 0 aromatic carbocycles. The summed E-state index contributed by atoms with van der Waals surface area (Å²) in [6.07, 6.45) is 2.26. The summed E-state index contributed by atoms with van der Waals surface area (Å²) in [6.45, 7) is 0.522. The SMILES string of the molecule is Nc1ncc(Br)cc1C(=O)NCCc1cscn1. The molecule has 5 nitrogen and oxygen atoms in total. The Morgan fingerprint density at radius 1 is 1.50 bits per heavy atom. The van der Waals surface area contributed by atoms with E-state index in [0.717, 1.165) is 10.2 Å². The third-order valence-electron chi connectivity index (χ3n) is 2.28. The first kappa shape index (κ1) is 13.0. The Hall–Kier alpha value is -1.47. The van der Waals surface area contributed by atoms with Crippen LogP contribution in [0.15, 0.2) is 27.6 Å². The quantitative estimate of drug-likeness (QED) is 0.898. The lowest BCUT2D eigenvalue weighted by Crippen LogP contribution is -2.26. The molecule has 0 aliphatic carbocycles. The summed E-state index contributed by atoms with van der Waals surface area (Å²) in [5.41, 5.74) is 8.77. The van der Waals surface area contributed by atoms with Gasteiger partial charge in [-0.2, -0.15) is 0 Å². The van der Waals surface area contributed by atoms with E-state index in [9.17, 15) is 4.79 Å². The van der Waals surface area contributed by atoms with Crippen molar-refractivity contribution < 1.29 is 4.79 Å². The monoisotopic (exact) mass is 326 g/mol. The third-order valence-corrected chi connectivity index (χ3v) is 3.35. The summed E-state index contributed by atoms with van der Waals surface area (Å²) in [6, 6.07) is 1.65. The van der Waals surface area contributed by atoms with Crippen LogP contribution in [0.4, 0.5) is 5.82 Å². The van der Waals surface area contributed by atoms with E-state index in [0.29, 0.717) is 18.5 Å². The van der Waals surface area contributed by atoms with Crippen LogP contribution < -0.4 is 11.1 Å². The van der Waals surface area contributed by atoms with Gasteiger partial charge >= 0.3 is 0 Å². The maximum absolute atomic E-state index is 11.9. The number of nitrogen functional groups attached to an aromatic ring is 1. The highest BCUT2D eigenvalue weighted by Crippen LogP contribution is 2.15. The summed E-state index contributed by atoms with van der Waals surface area (Å²) in [4.78, 5) is 19.9. The van der Waals surface area contributed by atoms with E-state index in [-0.39, 0.29) is 11.7 Å². The maximum Gasteiger partial charge on any atom is 0.255 e. The number of carbonyl (C=O) groups is 1. The normalized spacial score (nSPS) is 10.3. The van der Waals surface area contributed by atoms with Crippen LogP contribution in [0.25, 0.3) is 0 Å². The number of amides is 1. The van der Waals surface area contributed by atoms with E-state index in [2.05, 4.69) is 31.2 Å². The topological polar surface area (TPSA) is 80.9 Å². The highest BCUT2D eigenvalue weighted by Gasteiger charge is 2.10. The molecule has 3 N–H and O–H groups in total. The maximum atomic E-state index is 11.9. The van der Waals surface area contributed by atoms with Gasteiger partial charge in [0.15, 0.2) is 0 Å². The lowest BCUT2D eigenvalue weighted by atomic mass is 10.2. The first-order valence-corrected chi connectivity index (χ1v) is 6.96. The fourth-order valence-corrected chi connectivity index (χ4v) is 2.32. The summed E-state index contributed by atoms with van der Waals surface area (Å²) in [5.74, 6) is 0.000822. The zero-order valence-corrected chi connectivity index (χ0v) is 11.8. The number of rotatable bonds is 4. The number of halogens is 1. The largest absolute Gasteiger partial charge is 0.383 e. The molecular weight excluding hydrogens is 316 g/mol. The van der Waals surface area contributed by atoms with Gasteiger partial charge in [-0.15, -0.1) is 11.3 Å². The molecule has 2 heterocycles. The minimum atomic E-state index is -0.225. The van der Waals surface area contributed by atoms with Gasteiger partial charge in [0.1, 0.15) is 5.82 Å². The lowest BCUT2D eigenvalue weighted by Gasteiger charge is -2.06. The average Bonchev–Trinajstić information content (AvgIpc) is 2.85. The fourth-order valence-electron chi connectivity index (χ4n) is 1.39. The van der Waals surface area contributed by atoms with E-state index < -0.39 is 0 Å². The van der Waals surface area contributed by atoms with Crippen LogP contribution in [0.2, 0.25) is 0 Å². The first-order valence-electron chi connectivity index (χ1n) is 5.23. The number of carbonyl (C=O) groups excluding carboxylic acids is 1. The van der Waals surface area contributed by atoms with Crippen molar-refractivity contribution in [2.75, 3.05) is 12.3 Å². The van der Waals surface area contributed by atoms with Crippen molar-refractivity contribution in [3.63, 3.8) is 0 Å². The minimum absolute atomic E-state index is 0.225. The Balaban J connectivity index is 1.93. The van der Waals surface area contributed by atoms with Crippen molar-refractivity contribution >= 4 is 39.0 Å². The van der Waals surface area contributed by atoms with Crippen LogP contribution in [0.3, 0.4) is 0 Å². The zero-order valence-electron chi connectivity index (χ0n) is 9.39. The summed E-state index contributed by atoms with van der Waals surface area (Å²) >= 11 is 4.80. The molecule has 2 rings (SSSR count). The molecule has 0 aliphatic rings. The van der Waals surface area contributed by atoms with Crippen molar-refractivity contribution in [2.24, 2.45) is 0 Å². The molecule has 2 aromatic heterocycles. The molecule has 2 aromatic rings. The van der Waals surface area contributed by atoms with Gasteiger partial charge in [0.2, 0.25) is 0 Å². The number of hydrogen-bond donors (Lipinski definition) is 2. The Bertz CT molecular complexity index is 544. The Morgan fingerprint density at radius 2 is 2.33 bits per heavy atom. The van der Waals surface area contributed by atoms with Gasteiger partial charge in [-0.3, -0.25) is 4.79 Å². The van der Waals surface area contributed by atoms with Crippen molar-refractivity contribution in [3.05, 3.63) is 38.9 Å². The molecule has 0 saturated carbocycles. The first-order chi connectivity index (χ1) is 8.66. The standard InChI is InChI=1S/C11H11BrN4OS/c12-7-3-9(10(13)15-4-7)11(17)14-2-1-8-5-18-6-16-8/h3-6H,1-2H2,(H2,13,15)(H,14,17). The van der Waals surface area contributed by atoms with Gasteiger partial charge in [-0.05, 0) is 22.0 Å². The molecule has 0 spiro atoms. The molecular formula is C11H11BrN4OS. The highest BCUT2D eigenvalue weighted by atomic mass is 79.9. The van der Waals surface area contributed by atoms with Crippen LogP contribution in [0.1, 0.15) is 16.1 Å². The molecule has 0 unspecified atom stereocenters. The number of aromatic nitrogens is 2. The molecule has 0 radical (unpaired) electrons. The van der Waals surface area contributed by atoms with Gasteiger partial charge in [-0.25, -0.2) is 9.97 Å². The lowest BCUT2D eigenvalue weighted by molar-refractivity contribution is 0.0954. The van der Waals surface area contributed by atoms with Gasteiger partial charge < -0.3 is 11.1 Å². The van der Waals surface area contributed by atoms with Crippen LogP contribution in [-0.2, 0) is 6.42 Å². The van der Waals surface area contributed by atoms with Gasteiger partial charge in [0.05, 0.1) is 16.8 Å². The number of thiazole rings is 1. The zero-order chi connectivity index (χ0) is 13.0. The number of nitrogens with one attached hydrogen (secondary N) is 1. The number of nitrogens with zero attached hydrogens (tertiary/aromatic N) is 2. The predicted octanol–water partition coefficient (Wildman–Crippen LogP) is 1.86. The number of pyridine rings is 1. The summed E-state index contributed by atoms with van der Waals surface area (Å²) in [5, 5.41) is 4.75. The van der Waals surface area contributed by atoms with Crippen molar-refractivity contribution in [1.29, 1.82) is 0 Å². The molecule has 0 aliphatic heterocycles. The predicted molar refractivity (Wildman–Crippen MR) is 74.5 cm³/mol. The van der Waals surface area contributed by atoms with Crippen molar-refractivity contribution in [2.45, 2.75) is 6.42 Å². The Kier molecular flexibility index (Phi) is 4.27. The molecule has 0 saturated heterocycles. The van der Waals surface area contributed by atoms with E-state index in [1.807, 2.05) is 5.38 Å². The number of hydrogen-bond acceptors (Lipinski definition) is 5. The van der Waals surface area contributed by atoms with E-state index in [1.54, 1.807) is 17.8 Å². The van der Waals surface area contributed by atoms with Gasteiger partial charge in [-0.1, -0.05) is 0 Å². The molecule has 1 amide bonds. The Labute approximate surface area is 117 Å². The van der Waals surface area contributed by atoms with Gasteiger partial charge in [0.25, 0.3) is 5.91 Å². The van der Waals surface area contributed by atoms with E-state index >= 15 is 0 Å². The molecule has 0 atom stereocenters. The summed E-state index contributed by atoms with van der Waals surface area (Å²) < 4.78 is 0.723. The average molecular weight is 327 g/mol. The van der Waals surface area contributed by atoms with Crippen LogP contribution >= 0.6 is 27.3 Å². The molecule has 18 heavy (non-hydrogen) atoms. The molecule has 0 bridgehead atoms. The van der Waals surface area contributed by atoms with Crippen LogP contribution in [-0.4, -0.2) is 22.4 Å². The van der Waals surface area contributed by atoms with Crippen molar-refractivity contribution in [3.8, 4) is 0 Å². The highest BCUT2D eigenvalue weighted by molar-refractivity contribution is 9.10. The third kappa shape index (κ3) is 3.27. The Morgan fingerprint density at radius 3 is 3.06 bits per heavy atom. The second-order valence-electron chi connectivity index (χ2n) is 3.57. The fraction of sp³-hybridized carbons (Fsp3) is 0.182. The summed E-state index contributed by atoms with van der Waals surface area (Å²) in [7, 11) is 0. The molecule has 7 heteroatoms. The number of nitrogens with two attached hydrogens (primary N) is 1. The van der Waals surface area contributed by atoms with Crippen molar-refractivity contribution in [1.82, 2.24) is 15.3 Å². The molecule has 94 valence electrons. The van der Waals surface area contributed by atoms with Gasteiger partial charge in [0, 0.05) is 29.0 Å². The minimum Gasteiger partial charge on any atom is -0.383 e. The second kappa shape index (κ2) is 5.92. The molecule has 0 fully saturated rings. The van der Waals surface area contributed by atoms with Crippen LogP contribution in [0.5, 0.6) is 0 Å². The van der Waals surface area contributed by atoms with Crippen LogP contribution in [0, 0.1) is 0 Å². The smallest absolute Gasteiger partial charge is 0.255 e. The van der Waals surface area contributed by atoms with E-state index in [1.165, 1.54) is 11.3 Å². The second-order valence-corrected chi connectivity index (χ2v) is 5.21. The number of anilines is 1.